The van der Waals surface area contributed by atoms with Gasteiger partial charge in [0.1, 0.15) is 0 Å². The number of nitrogens with one attached hydrogen (secondary N) is 1. The van der Waals surface area contributed by atoms with Gasteiger partial charge in [-0.25, -0.2) is 13.1 Å². The predicted octanol–water partition coefficient (Wildman–Crippen LogP) is 1.94. The molecular formula is C12H16F3NO3S. The molecule has 114 valence electrons. The van der Waals surface area contributed by atoms with Gasteiger partial charge in [0.25, 0.3) is 0 Å². The molecule has 0 bridgehead atoms. The lowest BCUT2D eigenvalue weighted by molar-refractivity contribution is -0.135. The molecule has 1 aromatic rings. The topological polar surface area (TPSA) is 66.4 Å². The summed E-state index contributed by atoms with van der Waals surface area (Å²) in [6.07, 6.45) is -5.57. The van der Waals surface area contributed by atoms with E-state index in [4.69, 9.17) is 5.11 Å². The highest BCUT2D eigenvalue weighted by Crippen LogP contribution is 2.20. The number of halogens is 3. The largest absolute Gasteiger partial charge is 0.392 e. The van der Waals surface area contributed by atoms with Crippen LogP contribution in [0.15, 0.2) is 24.3 Å². The van der Waals surface area contributed by atoms with Crippen molar-refractivity contribution in [3.8, 4) is 0 Å². The first kappa shape index (κ1) is 16.9. The molecule has 0 spiro atoms. The van der Waals surface area contributed by atoms with Crippen LogP contribution < -0.4 is 4.72 Å². The van der Waals surface area contributed by atoms with Gasteiger partial charge in [0, 0.05) is 13.0 Å². The van der Waals surface area contributed by atoms with Gasteiger partial charge in [-0.05, 0) is 17.5 Å². The first-order chi connectivity index (χ1) is 9.22. The lowest BCUT2D eigenvalue weighted by Gasteiger charge is -2.08. The molecule has 0 fully saturated rings. The van der Waals surface area contributed by atoms with E-state index >= 15 is 0 Å². The highest BCUT2D eigenvalue weighted by Gasteiger charge is 2.26. The van der Waals surface area contributed by atoms with Gasteiger partial charge in [-0.2, -0.15) is 13.2 Å². The third-order valence-corrected chi connectivity index (χ3v) is 3.88. The van der Waals surface area contributed by atoms with Gasteiger partial charge in [-0.3, -0.25) is 0 Å². The number of aliphatic hydroxyl groups excluding tert-OH is 1. The second-order valence-electron chi connectivity index (χ2n) is 4.35. The summed E-state index contributed by atoms with van der Waals surface area (Å²) < 4.78 is 61.1. The molecule has 0 aliphatic heterocycles. The minimum atomic E-state index is -4.27. The molecule has 20 heavy (non-hydrogen) atoms. The molecule has 0 radical (unpaired) electrons. The fourth-order valence-corrected chi connectivity index (χ4v) is 2.72. The molecule has 0 aliphatic rings. The summed E-state index contributed by atoms with van der Waals surface area (Å²) in [6.45, 7) is -0.376. The molecule has 0 aromatic heterocycles. The molecule has 1 rings (SSSR count). The Morgan fingerprint density at radius 1 is 1.10 bits per heavy atom. The smallest absolute Gasteiger partial charge is 0.389 e. The van der Waals surface area contributed by atoms with Crippen LogP contribution in [0.5, 0.6) is 0 Å². The first-order valence-corrected chi connectivity index (χ1v) is 7.60. The van der Waals surface area contributed by atoms with Gasteiger partial charge >= 0.3 is 6.18 Å². The number of alkyl halides is 3. The molecule has 2 N–H and O–H groups in total. The molecule has 0 amide bonds. The maximum Gasteiger partial charge on any atom is 0.389 e. The average molecular weight is 311 g/mol. The zero-order valence-electron chi connectivity index (χ0n) is 10.7. The standard InChI is InChI=1S/C12H16F3NO3S/c13-12(14,15)6-1-7-16-20(18,19)9-11-4-2-10(8-17)3-5-11/h2-5,16-17H,1,6-9H2. The van der Waals surface area contributed by atoms with Crippen LogP contribution in [0.25, 0.3) is 0 Å². The Kier molecular flexibility index (Phi) is 5.97. The van der Waals surface area contributed by atoms with Crippen molar-refractivity contribution >= 4 is 10.0 Å². The van der Waals surface area contributed by atoms with Crippen molar-refractivity contribution in [2.45, 2.75) is 31.4 Å². The van der Waals surface area contributed by atoms with Crippen LogP contribution in [0.4, 0.5) is 13.2 Å². The predicted molar refractivity (Wildman–Crippen MR) is 68.3 cm³/mol. The molecular weight excluding hydrogens is 295 g/mol. The Bertz CT molecular complexity index is 512. The lowest BCUT2D eigenvalue weighted by Crippen LogP contribution is -2.27. The van der Waals surface area contributed by atoms with Crippen molar-refractivity contribution in [3.63, 3.8) is 0 Å². The highest BCUT2D eigenvalue weighted by molar-refractivity contribution is 7.88. The number of rotatable bonds is 7. The molecule has 4 nitrogen and oxygen atoms in total. The maximum absolute atomic E-state index is 11.9. The summed E-state index contributed by atoms with van der Waals surface area (Å²) >= 11 is 0. The summed E-state index contributed by atoms with van der Waals surface area (Å²) in [5, 5.41) is 8.85. The van der Waals surface area contributed by atoms with Crippen molar-refractivity contribution in [1.82, 2.24) is 4.72 Å². The zero-order valence-corrected chi connectivity index (χ0v) is 11.5. The van der Waals surface area contributed by atoms with Crippen molar-refractivity contribution in [2.75, 3.05) is 6.54 Å². The summed E-state index contributed by atoms with van der Waals surface area (Å²) in [4.78, 5) is 0. The second-order valence-corrected chi connectivity index (χ2v) is 6.15. The van der Waals surface area contributed by atoms with Crippen molar-refractivity contribution in [2.24, 2.45) is 0 Å². The Labute approximate surface area is 115 Å². The third kappa shape index (κ3) is 6.88. The van der Waals surface area contributed by atoms with Gasteiger partial charge in [-0.15, -0.1) is 0 Å². The molecule has 8 heteroatoms. The number of aliphatic hydroxyl groups is 1. The summed E-state index contributed by atoms with van der Waals surface area (Å²) in [7, 11) is -3.65. The lowest BCUT2D eigenvalue weighted by atomic mass is 10.2. The van der Waals surface area contributed by atoms with Crippen molar-refractivity contribution in [1.29, 1.82) is 0 Å². The molecule has 0 saturated heterocycles. The van der Waals surface area contributed by atoms with E-state index in [1.165, 1.54) is 0 Å². The third-order valence-electron chi connectivity index (χ3n) is 2.52. The molecule has 0 saturated carbocycles. The number of hydrogen-bond acceptors (Lipinski definition) is 3. The van der Waals surface area contributed by atoms with Crippen LogP contribution in [0.3, 0.4) is 0 Å². The maximum atomic E-state index is 11.9. The van der Waals surface area contributed by atoms with E-state index in [0.29, 0.717) is 11.1 Å². The molecule has 0 unspecified atom stereocenters. The van der Waals surface area contributed by atoms with Crippen LogP contribution in [-0.2, 0) is 22.4 Å². The molecule has 1 aromatic carbocycles. The summed E-state index contributed by atoms with van der Waals surface area (Å²) in [5.74, 6) is -0.301. The molecule has 0 aliphatic carbocycles. The summed E-state index contributed by atoms with van der Waals surface area (Å²) in [6, 6.07) is 6.30. The zero-order chi connectivity index (χ0) is 15.2. The van der Waals surface area contributed by atoms with E-state index in [9.17, 15) is 21.6 Å². The molecule has 0 atom stereocenters. The number of hydrogen-bond donors (Lipinski definition) is 2. The van der Waals surface area contributed by atoms with Gasteiger partial charge in [0.2, 0.25) is 10.0 Å². The monoisotopic (exact) mass is 311 g/mol. The normalized spacial score (nSPS) is 12.6. The Morgan fingerprint density at radius 2 is 1.65 bits per heavy atom. The van der Waals surface area contributed by atoms with Gasteiger partial charge in [0.15, 0.2) is 0 Å². The fraction of sp³-hybridized carbons (Fsp3) is 0.500. The number of sulfonamides is 1. The van der Waals surface area contributed by atoms with Gasteiger partial charge < -0.3 is 5.11 Å². The van der Waals surface area contributed by atoms with Crippen molar-refractivity contribution < 1.29 is 26.7 Å². The van der Waals surface area contributed by atoms with Crippen LogP contribution in [0, 0.1) is 0 Å². The van der Waals surface area contributed by atoms with E-state index in [1.54, 1.807) is 24.3 Å². The fourth-order valence-electron chi connectivity index (χ4n) is 1.53. The highest BCUT2D eigenvalue weighted by atomic mass is 32.2. The molecule has 0 heterocycles. The second kappa shape index (κ2) is 7.05. The Balaban J connectivity index is 2.44. The number of benzene rings is 1. The van der Waals surface area contributed by atoms with Crippen molar-refractivity contribution in [3.05, 3.63) is 35.4 Å². The van der Waals surface area contributed by atoms with Gasteiger partial charge in [-0.1, -0.05) is 24.3 Å². The van der Waals surface area contributed by atoms with Crippen LogP contribution in [0.2, 0.25) is 0 Å². The van der Waals surface area contributed by atoms with E-state index in [2.05, 4.69) is 4.72 Å². The SMILES string of the molecule is O=S(=O)(Cc1ccc(CO)cc1)NCCCC(F)(F)F. The average Bonchev–Trinajstić information content (AvgIpc) is 2.34. The summed E-state index contributed by atoms with van der Waals surface area (Å²) in [5.41, 5.74) is 1.16. The van der Waals surface area contributed by atoms with E-state index in [-0.39, 0.29) is 25.3 Å². The minimum absolute atomic E-state index is 0.136. The quantitative estimate of drug-likeness (QED) is 0.756. The Hall–Kier alpha value is -1.12. The van der Waals surface area contributed by atoms with Crippen LogP contribution >= 0.6 is 0 Å². The first-order valence-electron chi connectivity index (χ1n) is 5.94. The van der Waals surface area contributed by atoms with Crippen LogP contribution in [0.1, 0.15) is 24.0 Å². The van der Waals surface area contributed by atoms with Crippen LogP contribution in [-0.4, -0.2) is 26.2 Å². The van der Waals surface area contributed by atoms with E-state index in [1.807, 2.05) is 0 Å². The van der Waals surface area contributed by atoms with E-state index < -0.39 is 22.6 Å². The Morgan fingerprint density at radius 3 is 2.15 bits per heavy atom. The van der Waals surface area contributed by atoms with Gasteiger partial charge in [0.05, 0.1) is 12.4 Å². The van der Waals surface area contributed by atoms with E-state index in [0.717, 1.165) is 0 Å². The minimum Gasteiger partial charge on any atom is -0.392 e.